The van der Waals surface area contributed by atoms with Gasteiger partial charge in [-0.1, -0.05) is 12.7 Å². The van der Waals surface area contributed by atoms with Gasteiger partial charge in [0.2, 0.25) is 0 Å². The number of aromatic nitrogens is 2. The lowest BCUT2D eigenvalue weighted by Gasteiger charge is -2.08. The third kappa shape index (κ3) is 1.39. The lowest BCUT2D eigenvalue weighted by atomic mass is 10.1. The second kappa shape index (κ2) is 3.81. The quantitative estimate of drug-likeness (QED) is 0.722. The van der Waals surface area contributed by atoms with Gasteiger partial charge in [-0.2, -0.15) is 0 Å². The number of fused-ring (bicyclic) bond motifs is 1. The molecule has 2 rings (SSSR count). The van der Waals surface area contributed by atoms with Crippen LogP contribution in [-0.2, 0) is 4.74 Å². The van der Waals surface area contributed by atoms with E-state index in [4.69, 9.17) is 4.74 Å². The number of pyridine rings is 1. The molecule has 0 saturated carbocycles. The number of methoxy groups -OCH3 is 1. The van der Waals surface area contributed by atoms with Gasteiger partial charge in [-0.15, -0.1) is 0 Å². The number of rotatable bonds is 2. The minimum atomic E-state index is -0.390. The summed E-state index contributed by atoms with van der Waals surface area (Å²) in [6.45, 7) is 5.67. The fourth-order valence-corrected chi connectivity index (χ4v) is 1.70. The molecule has 2 aromatic rings. The maximum absolute atomic E-state index is 11.6. The second-order valence-electron chi connectivity index (χ2n) is 3.42. The Hall–Kier alpha value is -2.10. The number of esters is 1. The number of imidazole rings is 1. The summed E-state index contributed by atoms with van der Waals surface area (Å²) >= 11 is 0. The Labute approximate surface area is 93.2 Å². The first kappa shape index (κ1) is 10.4. The van der Waals surface area contributed by atoms with Crippen LogP contribution in [0.5, 0.6) is 0 Å². The van der Waals surface area contributed by atoms with E-state index in [2.05, 4.69) is 11.6 Å². The molecule has 0 fully saturated rings. The monoisotopic (exact) mass is 216 g/mol. The van der Waals surface area contributed by atoms with Crippen molar-refractivity contribution in [2.45, 2.75) is 6.92 Å². The van der Waals surface area contributed by atoms with Crippen molar-refractivity contribution in [1.82, 2.24) is 9.38 Å². The van der Waals surface area contributed by atoms with Crippen molar-refractivity contribution in [2.75, 3.05) is 7.11 Å². The maximum atomic E-state index is 11.6. The van der Waals surface area contributed by atoms with Crippen LogP contribution >= 0.6 is 0 Å². The first-order valence-electron chi connectivity index (χ1n) is 4.86. The van der Waals surface area contributed by atoms with E-state index in [1.165, 1.54) is 7.11 Å². The Bertz CT molecular complexity index is 570. The molecule has 0 N–H and O–H groups in total. The fourth-order valence-electron chi connectivity index (χ4n) is 1.70. The van der Waals surface area contributed by atoms with Gasteiger partial charge in [0.1, 0.15) is 5.56 Å². The van der Waals surface area contributed by atoms with Crippen LogP contribution < -0.4 is 0 Å². The highest BCUT2D eigenvalue weighted by molar-refractivity contribution is 5.96. The number of carbonyl (C=O) groups is 1. The summed E-state index contributed by atoms with van der Waals surface area (Å²) in [5.41, 5.74) is 2.95. The van der Waals surface area contributed by atoms with E-state index in [9.17, 15) is 4.79 Å². The van der Waals surface area contributed by atoms with Crippen molar-refractivity contribution >= 4 is 17.7 Å². The molecule has 0 spiro atoms. The summed E-state index contributed by atoms with van der Waals surface area (Å²) < 4.78 is 6.58. The summed E-state index contributed by atoms with van der Waals surface area (Å²) in [4.78, 5) is 15.7. The van der Waals surface area contributed by atoms with Gasteiger partial charge < -0.3 is 9.14 Å². The molecule has 0 aliphatic rings. The van der Waals surface area contributed by atoms with Crippen LogP contribution in [0.4, 0.5) is 0 Å². The van der Waals surface area contributed by atoms with Crippen molar-refractivity contribution in [3.05, 3.63) is 41.9 Å². The highest BCUT2D eigenvalue weighted by Crippen LogP contribution is 2.18. The average Bonchev–Trinajstić information content (AvgIpc) is 2.78. The number of aryl methyl sites for hydroxylation is 1. The Balaban J connectivity index is 2.82. The molecular weight excluding hydrogens is 204 g/mol. The number of ether oxygens (including phenoxy) is 1. The van der Waals surface area contributed by atoms with Gasteiger partial charge in [0.15, 0.2) is 5.65 Å². The minimum Gasteiger partial charge on any atom is -0.465 e. The number of carbonyl (C=O) groups excluding carboxylic acids is 1. The van der Waals surface area contributed by atoms with Gasteiger partial charge in [0, 0.05) is 18.1 Å². The van der Waals surface area contributed by atoms with E-state index >= 15 is 0 Å². The lowest BCUT2D eigenvalue weighted by molar-refractivity contribution is 0.0602. The normalized spacial score (nSPS) is 10.4. The molecule has 0 saturated heterocycles. The Kier molecular flexibility index (Phi) is 2.48. The number of hydrogen-bond acceptors (Lipinski definition) is 3. The van der Waals surface area contributed by atoms with Crippen molar-refractivity contribution in [1.29, 1.82) is 0 Å². The van der Waals surface area contributed by atoms with Crippen molar-refractivity contribution in [3.8, 4) is 0 Å². The van der Waals surface area contributed by atoms with E-state index in [0.717, 1.165) is 11.3 Å². The Morgan fingerprint density at radius 1 is 1.62 bits per heavy atom. The number of nitrogens with zero attached hydrogens (tertiary/aromatic N) is 2. The second-order valence-corrected chi connectivity index (χ2v) is 3.42. The zero-order valence-electron chi connectivity index (χ0n) is 9.23. The fraction of sp³-hybridized carbons (Fsp3) is 0.167. The summed E-state index contributed by atoms with van der Waals surface area (Å²) in [6, 6.07) is 1.75. The van der Waals surface area contributed by atoms with Crippen molar-refractivity contribution < 1.29 is 9.53 Å². The highest BCUT2D eigenvalue weighted by Gasteiger charge is 2.15. The molecule has 0 aliphatic heterocycles. The van der Waals surface area contributed by atoms with Crippen LogP contribution in [0, 0.1) is 6.92 Å². The summed E-state index contributed by atoms with van der Waals surface area (Å²) in [7, 11) is 1.36. The van der Waals surface area contributed by atoms with Gasteiger partial charge in [0.05, 0.1) is 7.11 Å². The first-order chi connectivity index (χ1) is 7.69. The average molecular weight is 216 g/mol. The standard InChI is InChI=1S/C12H12N2O2/c1-4-9-7-10(12(15)16-3)11-13-5-6-14(11)8(9)2/h4-7H,1H2,2-3H3. The zero-order valence-corrected chi connectivity index (χ0v) is 9.23. The Morgan fingerprint density at radius 2 is 2.38 bits per heavy atom. The van der Waals surface area contributed by atoms with Gasteiger partial charge in [0.25, 0.3) is 0 Å². The summed E-state index contributed by atoms with van der Waals surface area (Å²) in [5, 5.41) is 0. The van der Waals surface area contributed by atoms with Crippen LogP contribution in [0.2, 0.25) is 0 Å². The lowest BCUT2D eigenvalue weighted by Crippen LogP contribution is -2.07. The third-order valence-corrected chi connectivity index (χ3v) is 2.59. The smallest absolute Gasteiger partial charge is 0.341 e. The molecule has 16 heavy (non-hydrogen) atoms. The van der Waals surface area contributed by atoms with Gasteiger partial charge in [-0.05, 0) is 18.6 Å². The van der Waals surface area contributed by atoms with E-state index in [-0.39, 0.29) is 5.97 Å². The minimum absolute atomic E-state index is 0.390. The van der Waals surface area contributed by atoms with Gasteiger partial charge >= 0.3 is 5.97 Å². The molecule has 0 aromatic carbocycles. The predicted molar refractivity (Wildman–Crippen MR) is 61.4 cm³/mol. The summed E-state index contributed by atoms with van der Waals surface area (Å²) in [5.74, 6) is -0.390. The summed E-state index contributed by atoms with van der Waals surface area (Å²) in [6.07, 6.45) is 5.17. The molecule has 0 atom stereocenters. The molecule has 0 aliphatic carbocycles. The molecule has 2 aromatic heterocycles. The van der Waals surface area contributed by atoms with Crippen molar-refractivity contribution in [2.24, 2.45) is 0 Å². The number of hydrogen-bond donors (Lipinski definition) is 0. The molecule has 0 radical (unpaired) electrons. The predicted octanol–water partition coefficient (Wildman–Crippen LogP) is 2.07. The van der Waals surface area contributed by atoms with Gasteiger partial charge in [-0.25, -0.2) is 9.78 Å². The Morgan fingerprint density at radius 3 is 3.00 bits per heavy atom. The molecule has 82 valence electrons. The molecule has 0 amide bonds. The topological polar surface area (TPSA) is 43.6 Å². The van der Waals surface area contributed by atoms with E-state index in [0.29, 0.717) is 11.2 Å². The molecule has 4 nitrogen and oxygen atoms in total. The molecular formula is C12H12N2O2. The highest BCUT2D eigenvalue weighted by atomic mass is 16.5. The van der Waals surface area contributed by atoms with Crippen LogP contribution in [0.3, 0.4) is 0 Å². The molecule has 0 unspecified atom stereocenters. The maximum Gasteiger partial charge on any atom is 0.341 e. The van der Waals surface area contributed by atoms with Gasteiger partial charge in [-0.3, -0.25) is 0 Å². The molecule has 4 heteroatoms. The third-order valence-electron chi connectivity index (χ3n) is 2.59. The zero-order chi connectivity index (χ0) is 11.7. The van der Waals surface area contributed by atoms with Crippen LogP contribution in [-0.4, -0.2) is 22.5 Å². The van der Waals surface area contributed by atoms with Crippen LogP contribution in [0.25, 0.3) is 11.7 Å². The van der Waals surface area contributed by atoms with Crippen LogP contribution in [0.1, 0.15) is 21.6 Å². The largest absolute Gasteiger partial charge is 0.465 e. The first-order valence-corrected chi connectivity index (χ1v) is 4.86. The molecule has 2 heterocycles. The van der Waals surface area contributed by atoms with Crippen molar-refractivity contribution in [3.63, 3.8) is 0 Å². The van der Waals surface area contributed by atoms with E-state index in [1.807, 2.05) is 17.5 Å². The van der Waals surface area contributed by atoms with E-state index < -0.39 is 0 Å². The van der Waals surface area contributed by atoms with Crippen LogP contribution in [0.15, 0.2) is 25.0 Å². The SMILES string of the molecule is C=Cc1cc(C(=O)OC)c2nccn2c1C. The van der Waals surface area contributed by atoms with E-state index in [1.54, 1.807) is 18.3 Å². The molecule has 0 bridgehead atoms.